The molecule has 1 aromatic carbocycles. The third-order valence-electron chi connectivity index (χ3n) is 3.68. The second-order valence-corrected chi connectivity index (χ2v) is 6.56. The molecule has 0 aliphatic rings. The summed E-state index contributed by atoms with van der Waals surface area (Å²) in [6, 6.07) is 9.47. The van der Waals surface area contributed by atoms with E-state index in [9.17, 15) is 4.21 Å². The lowest BCUT2D eigenvalue weighted by Crippen LogP contribution is -2.04. The molecule has 0 unspecified atom stereocenters. The van der Waals surface area contributed by atoms with Crippen molar-refractivity contribution in [2.24, 2.45) is 0 Å². The molecule has 0 fully saturated rings. The second kappa shape index (κ2) is 6.40. The highest BCUT2D eigenvalue weighted by Gasteiger charge is 2.16. The van der Waals surface area contributed by atoms with Crippen molar-refractivity contribution >= 4 is 21.9 Å². The van der Waals surface area contributed by atoms with Gasteiger partial charge in [0.2, 0.25) is 0 Å². The Kier molecular flexibility index (Phi) is 4.34. The summed E-state index contributed by atoms with van der Waals surface area (Å²) in [5, 5.41) is 0.267. The van der Waals surface area contributed by atoms with Gasteiger partial charge in [-0.1, -0.05) is 25.5 Å². The van der Waals surface area contributed by atoms with Crippen LogP contribution in [0, 0.1) is 6.92 Å². The summed E-state index contributed by atoms with van der Waals surface area (Å²) in [5.41, 5.74) is 4.63. The van der Waals surface area contributed by atoms with Crippen molar-refractivity contribution in [1.82, 2.24) is 9.97 Å². The Morgan fingerprint density at radius 2 is 2.05 bits per heavy atom. The first-order valence-electron chi connectivity index (χ1n) is 7.36. The number of nitrogens with zero attached hydrogens (tertiary/aromatic N) is 2. The molecule has 0 amide bonds. The lowest BCUT2D eigenvalue weighted by atomic mass is 10.0. The summed E-state index contributed by atoms with van der Waals surface area (Å²) in [6.07, 6.45) is 3.88. The SMILES string of the molecule is CCCc1ccnc(C[S@@](=O)c2nc3ccccc3o2)c1C. The van der Waals surface area contributed by atoms with Gasteiger partial charge in [-0.15, -0.1) is 0 Å². The molecule has 114 valence electrons. The Hall–Kier alpha value is -2.01. The maximum absolute atomic E-state index is 12.5. The van der Waals surface area contributed by atoms with Gasteiger partial charge >= 0.3 is 0 Å². The van der Waals surface area contributed by atoms with Gasteiger partial charge in [0.25, 0.3) is 5.22 Å². The number of aryl methyl sites for hydroxylation is 1. The predicted molar refractivity (Wildman–Crippen MR) is 87.1 cm³/mol. The van der Waals surface area contributed by atoms with Crippen molar-refractivity contribution in [1.29, 1.82) is 0 Å². The van der Waals surface area contributed by atoms with Crippen LogP contribution >= 0.6 is 0 Å². The van der Waals surface area contributed by atoms with Crippen molar-refractivity contribution in [2.75, 3.05) is 0 Å². The number of hydrogen-bond acceptors (Lipinski definition) is 4. The van der Waals surface area contributed by atoms with Gasteiger partial charge in [-0.25, -0.2) is 9.19 Å². The van der Waals surface area contributed by atoms with Crippen LogP contribution in [-0.2, 0) is 23.0 Å². The molecule has 0 spiro atoms. The molecule has 2 heterocycles. The third kappa shape index (κ3) is 2.95. The molecule has 0 N–H and O–H groups in total. The smallest absolute Gasteiger partial charge is 0.288 e. The van der Waals surface area contributed by atoms with Gasteiger partial charge in [0.15, 0.2) is 5.58 Å². The fourth-order valence-electron chi connectivity index (χ4n) is 2.44. The van der Waals surface area contributed by atoms with Gasteiger partial charge < -0.3 is 4.42 Å². The van der Waals surface area contributed by atoms with Gasteiger partial charge in [0.05, 0.1) is 11.4 Å². The maximum Gasteiger partial charge on any atom is 0.288 e. The minimum atomic E-state index is -1.33. The highest BCUT2D eigenvalue weighted by molar-refractivity contribution is 7.84. The molecule has 0 aliphatic carbocycles. The summed E-state index contributed by atoms with van der Waals surface area (Å²) in [4.78, 5) is 8.68. The van der Waals surface area contributed by atoms with Crippen LogP contribution in [0.5, 0.6) is 0 Å². The molecule has 3 aromatic rings. The van der Waals surface area contributed by atoms with Crippen LogP contribution < -0.4 is 0 Å². The summed E-state index contributed by atoms with van der Waals surface area (Å²) in [5.74, 6) is 0.330. The first-order chi connectivity index (χ1) is 10.7. The monoisotopic (exact) mass is 314 g/mol. The van der Waals surface area contributed by atoms with E-state index in [2.05, 4.69) is 16.9 Å². The predicted octanol–water partition coefficient (Wildman–Crippen LogP) is 3.79. The van der Waals surface area contributed by atoms with E-state index in [4.69, 9.17) is 4.42 Å². The summed E-state index contributed by atoms with van der Waals surface area (Å²) in [7, 11) is -1.33. The van der Waals surface area contributed by atoms with Crippen molar-refractivity contribution < 1.29 is 8.63 Å². The van der Waals surface area contributed by atoms with Crippen LogP contribution in [0.3, 0.4) is 0 Å². The number of hydrogen-bond donors (Lipinski definition) is 0. The zero-order chi connectivity index (χ0) is 15.5. The van der Waals surface area contributed by atoms with Gasteiger partial charge in [-0.2, -0.15) is 0 Å². The molecule has 4 nitrogen and oxygen atoms in total. The number of para-hydroxylation sites is 2. The second-order valence-electron chi connectivity index (χ2n) is 5.23. The molecule has 5 heteroatoms. The molecule has 0 aliphatic heterocycles. The summed E-state index contributed by atoms with van der Waals surface area (Å²) < 4.78 is 18.1. The highest BCUT2D eigenvalue weighted by atomic mass is 32.2. The van der Waals surface area contributed by atoms with E-state index in [-0.39, 0.29) is 5.22 Å². The molecule has 0 bridgehead atoms. The fourth-order valence-corrected chi connectivity index (χ4v) is 3.49. The van der Waals surface area contributed by atoms with E-state index in [0.717, 1.165) is 29.6 Å². The van der Waals surface area contributed by atoms with Crippen LogP contribution in [-0.4, -0.2) is 14.2 Å². The van der Waals surface area contributed by atoms with Crippen molar-refractivity contribution in [3.63, 3.8) is 0 Å². The van der Waals surface area contributed by atoms with Crippen molar-refractivity contribution in [3.8, 4) is 0 Å². The summed E-state index contributed by atoms with van der Waals surface area (Å²) >= 11 is 0. The molecule has 22 heavy (non-hydrogen) atoms. The number of oxazole rings is 1. The van der Waals surface area contributed by atoms with E-state index >= 15 is 0 Å². The van der Waals surface area contributed by atoms with Crippen LogP contribution in [0.1, 0.15) is 30.2 Å². The molecular formula is C17H18N2O2S. The topological polar surface area (TPSA) is 56.0 Å². The molecule has 3 rings (SSSR count). The Balaban J connectivity index is 1.86. The van der Waals surface area contributed by atoms with Gasteiger partial charge in [-0.3, -0.25) is 4.98 Å². The van der Waals surface area contributed by atoms with Gasteiger partial charge in [0.1, 0.15) is 16.3 Å². The highest BCUT2D eigenvalue weighted by Crippen LogP contribution is 2.21. The standard InChI is InChI=1S/C17H18N2O2S/c1-3-6-13-9-10-18-15(12(13)2)11-22(20)17-19-14-7-4-5-8-16(14)21-17/h4-5,7-10H,3,6,11H2,1-2H3/t22-/m1/s1. The average Bonchev–Trinajstić information content (AvgIpc) is 2.95. The number of rotatable bonds is 5. The van der Waals surface area contributed by atoms with Gasteiger partial charge in [-0.05, 0) is 42.7 Å². The lowest BCUT2D eigenvalue weighted by Gasteiger charge is -2.08. The quantitative estimate of drug-likeness (QED) is 0.719. The van der Waals surface area contributed by atoms with Crippen LogP contribution in [0.2, 0.25) is 0 Å². The normalized spacial score (nSPS) is 12.6. The Bertz CT molecular complexity index is 793. The zero-order valence-electron chi connectivity index (χ0n) is 12.7. The third-order valence-corrected chi connectivity index (χ3v) is 4.78. The molecule has 1 atom stereocenters. The Morgan fingerprint density at radius 1 is 1.23 bits per heavy atom. The van der Waals surface area contributed by atoms with Crippen molar-refractivity contribution in [2.45, 2.75) is 37.7 Å². The lowest BCUT2D eigenvalue weighted by molar-refractivity contribution is 0.477. The fraction of sp³-hybridized carbons (Fsp3) is 0.294. The van der Waals surface area contributed by atoms with Crippen LogP contribution in [0.15, 0.2) is 46.2 Å². The van der Waals surface area contributed by atoms with E-state index < -0.39 is 10.8 Å². The van der Waals surface area contributed by atoms with Crippen molar-refractivity contribution in [3.05, 3.63) is 53.3 Å². The molecule has 2 aromatic heterocycles. The molecular weight excluding hydrogens is 296 g/mol. The molecule has 0 radical (unpaired) electrons. The Labute approximate surface area is 132 Å². The first kappa shape index (κ1) is 14.9. The molecule has 0 saturated carbocycles. The first-order valence-corrected chi connectivity index (χ1v) is 8.68. The van der Waals surface area contributed by atoms with E-state index in [1.807, 2.05) is 37.3 Å². The van der Waals surface area contributed by atoms with Crippen LogP contribution in [0.25, 0.3) is 11.1 Å². The Morgan fingerprint density at radius 3 is 2.82 bits per heavy atom. The molecule has 0 saturated heterocycles. The number of benzene rings is 1. The van der Waals surface area contributed by atoms with E-state index in [1.165, 1.54) is 5.56 Å². The van der Waals surface area contributed by atoms with E-state index in [0.29, 0.717) is 11.3 Å². The maximum atomic E-state index is 12.5. The summed E-state index contributed by atoms with van der Waals surface area (Å²) in [6.45, 7) is 4.19. The number of aromatic nitrogens is 2. The zero-order valence-corrected chi connectivity index (χ0v) is 13.5. The number of fused-ring (bicyclic) bond motifs is 1. The minimum absolute atomic E-state index is 0.267. The van der Waals surface area contributed by atoms with Gasteiger partial charge in [0, 0.05) is 6.20 Å². The number of pyridine rings is 1. The van der Waals surface area contributed by atoms with E-state index in [1.54, 1.807) is 6.20 Å². The van der Waals surface area contributed by atoms with Crippen LogP contribution in [0.4, 0.5) is 0 Å². The average molecular weight is 314 g/mol. The largest absolute Gasteiger partial charge is 0.430 e. The minimum Gasteiger partial charge on any atom is -0.430 e.